The fourth-order valence-corrected chi connectivity index (χ4v) is 2.43. The molecule has 0 saturated heterocycles. The lowest BCUT2D eigenvalue weighted by Crippen LogP contribution is -2.06. The summed E-state index contributed by atoms with van der Waals surface area (Å²) in [7, 11) is 0. The molecular formula is C15H17N3O. The molecule has 2 heterocycles. The van der Waals surface area contributed by atoms with Crippen LogP contribution in [0.2, 0.25) is 0 Å². The van der Waals surface area contributed by atoms with E-state index in [0.29, 0.717) is 0 Å². The minimum absolute atomic E-state index is 0.206. The Bertz CT molecular complexity index is 711. The van der Waals surface area contributed by atoms with Gasteiger partial charge in [0.1, 0.15) is 11.5 Å². The zero-order chi connectivity index (χ0) is 13.4. The van der Waals surface area contributed by atoms with Crippen molar-refractivity contribution in [2.24, 2.45) is 0 Å². The lowest BCUT2D eigenvalue weighted by Gasteiger charge is -2.14. The van der Waals surface area contributed by atoms with Gasteiger partial charge in [-0.3, -0.25) is 5.10 Å². The van der Waals surface area contributed by atoms with Gasteiger partial charge in [-0.05, 0) is 45.0 Å². The van der Waals surface area contributed by atoms with E-state index in [9.17, 15) is 0 Å². The highest BCUT2D eigenvalue weighted by molar-refractivity contribution is 5.81. The Labute approximate surface area is 111 Å². The molecule has 0 aliphatic heterocycles. The highest BCUT2D eigenvalue weighted by Crippen LogP contribution is 2.26. The molecule has 0 saturated carbocycles. The van der Waals surface area contributed by atoms with Crippen molar-refractivity contribution in [3.8, 4) is 0 Å². The second-order valence-corrected chi connectivity index (χ2v) is 4.91. The number of hydrogen-bond acceptors (Lipinski definition) is 3. The number of aromatic nitrogens is 2. The highest BCUT2D eigenvalue weighted by Gasteiger charge is 2.12. The van der Waals surface area contributed by atoms with Gasteiger partial charge in [-0.2, -0.15) is 5.10 Å². The first-order valence-corrected chi connectivity index (χ1v) is 6.40. The second-order valence-electron chi connectivity index (χ2n) is 4.91. The number of H-pyrrole nitrogens is 1. The standard InChI is InChI=1S/C15H17N3O/c1-9-6-14(11(3)19-9)10(2)17-13-5-4-12-8-16-18-15(12)7-13/h4-8,10,17H,1-3H3,(H,16,18). The molecule has 0 radical (unpaired) electrons. The van der Waals surface area contributed by atoms with Gasteiger partial charge in [0.2, 0.25) is 0 Å². The van der Waals surface area contributed by atoms with Crippen LogP contribution in [-0.2, 0) is 0 Å². The predicted octanol–water partition coefficient (Wildman–Crippen LogP) is 3.95. The number of hydrogen-bond donors (Lipinski definition) is 2. The summed E-state index contributed by atoms with van der Waals surface area (Å²) in [5, 5.41) is 11.6. The van der Waals surface area contributed by atoms with E-state index in [1.807, 2.05) is 20.0 Å². The van der Waals surface area contributed by atoms with E-state index in [-0.39, 0.29) is 6.04 Å². The van der Waals surface area contributed by atoms with Gasteiger partial charge >= 0.3 is 0 Å². The minimum atomic E-state index is 0.206. The van der Waals surface area contributed by atoms with E-state index in [1.165, 1.54) is 5.56 Å². The van der Waals surface area contributed by atoms with Crippen LogP contribution in [0.25, 0.3) is 10.9 Å². The molecular weight excluding hydrogens is 238 g/mol. The van der Waals surface area contributed by atoms with Gasteiger partial charge in [-0.15, -0.1) is 0 Å². The monoisotopic (exact) mass is 255 g/mol. The normalized spacial score (nSPS) is 12.8. The Morgan fingerprint density at radius 2 is 2.11 bits per heavy atom. The summed E-state index contributed by atoms with van der Waals surface area (Å²) in [6.45, 7) is 6.10. The number of furan rings is 1. The van der Waals surface area contributed by atoms with Crippen molar-refractivity contribution in [2.45, 2.75) is 26.8 Å². The smallest absolute Gasteiger partial charge is 0.106 e. The Morgan fingerprint density at radius 1 is 1.26 bits per heavy atom. The number of benzene rings is 1. The van der Waals surface area contributed by atoms with Crippen molar-refractivity contribution >= 4 is 16.6 Å². The van der Waals surface area contributed by atoms with Crippen LogP contribution in [0, 0.1) is 13.8 Å². The zero-order valence-corrected chi connectivity index (χ0v) is 11.3. The van der Waals surface area contributed by atoms with Crippen molar-refractivity contribution in [2.75, 3.05) is 5.32 Å². The molecule has 0 aliphatic rings. The molecule has 0 fully saturated rings. The molecule has 4 nitrogen and oxygen atoms in total. The van der Waals surface area contributed by atoms with Crippen LogP contribution in [0.4, 0.5) is 5.69 Å². The van der Waals surface area contributed by atoms with Crippen molar-refractivity contribution in [3.05, 3.63) is 47.5 Å². The van der Waals surface area contributed by atoms with Gasteiger partial charge in [0.15, 0.2) is 0 Å². The number of fused-ring (bicyclic) bond motifs is 1. The molecule has 0 aliphatic carbocycles. The number of rotatable bonds is 3. The largest absolute Gasteiger partial charge is 0.466 e. The van der Waals surface area contributed by atoms with Crippen molar-refractivity contribution in [3.63, 3.8) is 0 Å². The first-order chi connectivity index (χ1) is 9.13. The van der Waals surface area contributed by atoms with Crippen molar-refractivity contribution < 1.29 is 4.42 Å². The van der Waals surface area contributed by atoms with E-state index < -0.39 is 0 Å². The van der Waals surface area contributed by atoms with E-state index >= 15 is 0 Å². The maximum Gasteiger partial charge on any atom is 0.106 e. The van der Waals surface area contributed by atoms with Crippen LogP contribution >= 0.6 is 0 Å². The third kappa shape index (κ3) is 2.21. The fourth-order valence-electron chi connectivity index (χ4n) is 2.43. The van der Waals surface area contributed by atoms with Gasteiger partial charge in [0.05, 0.1) is 17.8 Å². The predicted molar refractivity (Wildman–Crippen MR) is 76.3 cm³/mol. The Morgan fingerprint density at radius 3 is 2.84 bits per heavy atom. The number of anilines is 1. The van der Waals surface area contributed by atoms with E-state index in [2.05, 4.69) is 46.7 Å². The number of aromatic amines is 1. The Hall–Kier alpha value is -2.23. The molecule has 3 aromatic rings. The summed E-state index contributed by atoms with van der Waals surface area (Å²) >= 11 is 0. The summed E-state index contributed by atoms with van der Waals surface area (Å²) in [5.41, 5.74) is 3.31. The molecule has 98 valence electrons. The molecule has 4 heteroatoms. The molecule has 0 bridgehead atoms. The molecule has 1 atom stereocenters. The third-order valence-electron chi connectivity index (χ3n) is 3.37. The molecule has 0 spiro atoms. The topological polar surface area (TPSA) is 53.9 Å². The van der Waals surface area contributed by atoms with Crippen molar-refractivity contribution in [1.82, 2.24) is 10.2 Å². The zero-order valence-electron chi connectivity index (χ0n) is 11.3. The van der Waals surface area contributed by atoms with E-state index in [0.717, 1.165) is 28.1 Å². The molecule has 19 heavy (non-hydrogen) atoms. The van der Waals surface area contributed by atoms with Crippen LogP contribution in [0.5, 0.6) is 0 Å². The first-order valence-electron chi connectivity index (χ1n) is 6.40. The van der Waals surface area contributed by atoms with Crippen LogP contribution in [-0.4, -0.2) is 10.2 Å². The number of nitrogens with one attached hydrogen (secondary N) is 2. The quantitative estimate of drug-likeness (QED) is 0.745. The summed E-state index contributed by atoms with van der Waals surface area (Å²) in [5.74, 6) is 1.92. The molecule has 1 unspecified atom stereocenters. The maximum absolute atomic E-state index is 5.58. The summed E-state index contributed by atoms with van der Waals surface area (Å²) in [4.78, 5) is 0. The lowest BCUT2D eigenvalue weighted by atomic mass is 10.1. The number of aryl methyl sites for hydroxylation is 2. The first kappa shape index (κ1) is 11.8. The summed E-state index contributed by atoms with van der Waals surface area (Å²) in [6, 6.07) is 8.48. The van der Waals surface area contributed by atoms with Crippen LogP contribution in [0.3, 0.4) is 0 Å². The molecule has 2 N–H and O–H groups in total. The fraction of sp³-hybridized carbons (Fsp3) is 0.267. The average Bonchev–Trinajstić information content (AvgIpc) is 2.94. The third-order valence-corrected chi connectivity index (χ3v) is 3.37. The second kappa shape index (κ2) is 4.46. The summed E-state index contributed by atoms with van der Waals surface area (Å²) in [6.07, 6.45) is 1.83. The highest BCUT2D eigenvalue weighted by atomic mass is 16.3. The van der Waals surface area contributed by atoms with Crippen LogP contribution < -0.4 is 5.32 Å². The van der Waals surface area contributed by atoms with E-state index in [1.54, 1.807) is 0 Å². The lowest BCUT2D eigenvalue weighted by molar-refractivity contribution is 0.500. The Balaban J connectivity index is 1.85. The maximum atomic E-state index is 5.58. The van der Waals surface area contributed by atoms with Crippen LogP contribution in [0.15, 0.2) is 34.9 Å². The van der Waals surface area contributed by atoms with Gasteiger partial charge in [0.25, 0.3) is 0 Å². The Kier molecular flexibility index (Phi) is 2.78. The average molecular weight is 255 g/mol. The molecule has 1 aromatic carbocycles. The van der Waals surface area contributed by atoms with E-state index in [4.69, 9.17) is 4.42 Å². The van der Waals surface area contributed by atoms with Gasteiger partial charge in [-0.1, -0.05) is 0 Å². The molecule has 0 amide bonds. The van der Waals surface area contributed by atoms with Crippen LogP contribution in [0.1, 0.15) is 30.0 Å². The SMILES string of the molecule is Cc1cc(C(C)Nc2ccc3cn[nH]c3c2)c(C)o1. The minimum Gasteiger partial charge on any atom is -0.466 e. The van der Waals surface area contributed by atoms with Gasteiger partial charge in [0, 0.05) is 16.6 Å². The van der Waals surface area contributed by atoms with Gasteiger partial charge in [-0.25, -0.2) is 0 Å². The molecule has 3 rings (SSSR count). The number of nitrogens with zero attached hydrogens (tertiary/aromatic N) is 1. The van der Waals surface area contributed by atoms with Crippen molar-refractivity contribution in [1.29, 1.82) is 0 Å². The molecule has 2 aromatic heterocycles. The summed E-state index contributed by atoms with van der Waals surface area (Å²) < 4.78 is 5.58. The van der Waals surface area contributed by atoms with Gasteiger partial charge < -0.3 is 9.73 Å².